The van der Waals surface area contributed by atoms with Gasteiger partial charge in [-0.25, -0.2) is 9.59 Å². The second-order valence-electron chi connectivity index (χ2n) is 12.7. The molecule has 0 bridgehead atoms. The number of rotatable bonds is 12. The predicted octanol–water partition coefficient (Wildman–Crippen LogP) is 6.95. The maximum absolute atomic E-state index is 12.2. The first-order valence-electron chi connectivity index (χ1n) is 15.3. The summed E-state index contributed by atoms with van der Waals surface area (Å²) in [6.07, 6.45) is 7.74. The molecule has 0 radical (unpaired) electrons. The van der Waals surface area contributed by atoms with Crippen LogP contribution in [-0.4, -0.2) is 47.7 Å². The van der Waals surface area contributed by atoms with Crippen LogP contribution in [0.2, 0.25) is 5.04 Å². The van der Waals surface area contributed by atoms with Gasteiger partial charge in [0.2, 0.25) is 0 Å². The minimum absolute atomic E-state index is 0.0689. The zero-order valence-electron chi connectivity index (χ0n) is 26.3. The second-order valence-corrected chi connectivity index (χ2v) is 17.0. The Morgan fingerprint density at radius 1 is 0.721 bits per heavy atom. The van der Waals surface area contributed by atoms with Crippen LogP contribution in [-0.2, 0) is 13.9 Å². The van der Waals surface area contributed by atoms with Crippen LogP contribution in [0.1, 0.15) is 86.4 Å². The normalized spacial score (nSPS) is 15.0. The molecule has 0 atom stereocenters. The SMILES string of the molecule is COC(=O)c1cc(OCCC2(CCO[Si](c3ccccc3)(c3ccccc3)C(C)(C)C)CCCCC2)cc(C(=O)OC)c1. The van der Waals surface area contributed by atoms with Crippen LogP contribution in [0.3, 0.4) is 0 Å². The Morgan fingerprint density at radius 2 is 1.21 bits per heavy atom. The molecule has 0 spiro atoms. The molecule has 7 heteroatoms. The third-order valence-corrected chi connectivity index (χ3v) is 14.0. The Labute approximate surface area is 257 Å². The number of benzene rings is 3. The zero-order valence-corrected chi connectivity index (χ0v) is 27.3. The highest BCUT2D eigenvalue weighted by Crippen LogP contribution is 2.44. The summed E-state index contributed by atoms with van der Waals surface area (Å²) in [4.78, 5) is 24.5. The van der Waals surface area contributed by atoms with E-state index in [4.69, 9.17) is 18.6 Å². The van der Waals surface area contributed by atoms with Crippen LogP contribution in [0, 0.1) is 5.41 Å². The van der Waals surface area contributed by atoms with E-state index in [1.807, 2.05) is 0 Å². The predicted molar refractivity (Wildman–Crippen MR) is 173 cm³/mol. The van der Waals surface area contributed by atoms with Gasteiger partial charge in [-0.15, -0.1) is 0 Å². The molecule has 6 nitrogen and oxygen atoms in total. The van der Waals surface area contributed by atoms with Gasteiger partial charge in [0.05, 0.1) is 32.0 Å². The third kappa shape index (κ3) is 7.57. The molecule has 1 saturated carbocycles. The number of carbonyl (C=O) groups is 2. The molecule has 0 heterocycles. The van der Waals surface area contributed by atoms with Gasteiger partial charge in [0, 0.05) is 6.61 Å². The van der Waals surface area contributed by atoms with Crippen molar-refractivity contribution in [2.24, 2.45) is 5.41 Å². The summed E-state index contributed by atoms with van der Waals surface area (Å²) in [5, 5.41) is 2.52. The Morgan fingerprint density at radius 3 is 1.67 bits per heavy atom. The van der Waals surface area contributed by atoms with E-state index in [9.17, 15) is 9.59 Å². The van der Waals surface area contributed by atoms with E-state index in [1.165, 1.54) is 49.9 Å². The van der Waals surface area contributed by atoms with Gasteiger partial charge in [0.15, 0.2) is 0 Å². The molecule has 0 unspecified atom stereocenters. The standard InChI is InChI=1S/C36H46O6Si/c1-35(2,3)43(31-15-9-6-10-16-31,32-17-11-7-12-18-32)42-24-22-36(19-13-8-14-20-36)21-23-41-30-26-28(33(37)39-4)25-29(27-30)34(38)40-5/h6-7,9-12,15-18,25-27H,8,13-14,19-24H2,1-5H3. The Balaban J connectivity index is 1.54. The molecule has 0 amide bonds. The smallest absolute Gasteiger partial charge is 0.338 e. The highest BCUT2D eigenvalue weighted by molar-refractivity contribution is 6.99. The molecule has 0 saturated heterocycles. The van der Waals surface area contributed by atoms with Gasteiger partial charge in [-0.1, -0.05) is 101 Å². The molecule has 1 aliphatic rings. The molecule has 1 fully saturated rings. The molecular formula is C36H46O6Si. The number of hydrogen-bond acceptors (Lipinski definition) is 6. The van der Waals surface area contributed by atoms with Crippen LogP contribution in [0.25, 0.3) is 0 Å². The van der Waals surface area contributed by atoms with Crippen molar-refractivity contribution >= 4 is 30.6 Å². The zero-order chi connectivity index (χ0) is 30.9. The van der Waals surface area contributed by atoms with Crippen molar-refractivity contribution in [3.8, 4) is 5.75 Å². The molecule has 0 aromatic heterocycles. The Bertz CT molecular complexity index is 1270. The summed E-state index contributed by atoms with van der Waals surface area (Å²) in [5.41, 5.74) is 0.618. The second kappa shape index (κ2) is 14.4. The van der Waals surface area contributed by atoms with Gasteiger partial charge in [0.25, 0.3) is 8.32 Å². The van der Waals surface area contributed by atoms with Gasteiger partial charge >= 0.3 is 11.9 Å². The van der Waals surface area contributed by atoms with Crippen molar-refractivity contribution in [1.82, 2.24) is 0 Å². The minimum atomic E-state index is -2.61. The molecule has 3 aromatic carbocycles. The average Bonchev–Trinajstić information content (AvgIpc) is 3.03. The summed E-state index contributed by atoms with van der Waals surface area (Å²) in [5.74, 6) is -0.600. The Kier molecular flexibility index (Phi) is 10.9. The minimum Gasteiger partial charge on any atom is -0.494 e. The van der Waals surface area contributed by atoms with Gasteiger partial charge in [-0.2, -0.15) is 0 Å². The maximum atomic E-state index is 12.2. The van der Waals surface area contributed by atoms with E-state index < -0.39 is 20.3 Å². The fraction of sp³-hybridized carbons (Fsp3) is 0.444. The number of carbonyl (C=O) groups excluding carboxylic acids is 2. The van der Waals surface area contributed by atoms with E-state index in [0.29, 0.717) is 19.0 Å². The number of esters is 2. The molecule has 3 aromatic rings. The fourth-order valence-electron chi connectivity index (χ4n) is 6.65. The van der Waals surface area contributed by atoms with Gasteiger partial charge < -0.3 is 18.6 Å². The number of methoxy groups -OCH3 is 2. The lowest BCUT2D eigenvalue weighted by molar-refractivity contribution is 0.0597. The quantitative estimate of drug-likeness (QED) is 0.165. The maximum Gasteiger partial charge on any atom is 0.338 e. The van der Waals surface area contributed by atoms with E-state index in [1.54, 1.807) is 12.1 Å². The lowest BCUT2D eigenvalue weighted by atomic mass is 9.70. The van der Waals surface area contributed by atoms with Crippen molar-refractivity contribution in [3.63, 3.8) is 0 Å². The average molecular weight is 603 g/mol. The highest BCUT2D eigenvalue weighted by atomic mass is 28.4. The molecular weight excluding hydrogens is 556 g/mol. The van der Waals surface area contributed by atoms with E-state index in [0.717, 1.165) is 25.7 Å². The molecule has 0 N–H and O–H groups in total. The van der Waals surface area contributed by atoms with E-state index in [-0.39, 0.29) is 21.6 Å². The fourth-order valence-corrected chi connectivity index (χ4v) is 11.2. The van der Waals surface area contributed by atoms with E-state index >= 15 is 0 Å². The Hall–Kier alpha value is -3.42. The van der Waals surface area contributed by atoms with Crippen molar-refractivity contribution in [2.75, 3.05) is 27.4 Å². The summed E-state index contributed by atoms with van der Waals surface area (Å²) >= 11 is 0. The van der Waals surface area contributed by atoms with Crippen molar-refractivity contribution in [3.05, 3.63) is 90.0 Å². The monoisotopic (exact) mass is 602 g/mol. The first kappa shape index (κ1) is 32.5. The van der Waals surface area contributed by atoms with Crippen LogP contribution in [0.5, 0.6) is 5.75 Å². The summed E-state index contributed by atoms with van der Waals surface area (Å²) < 4.78 is 23.2. The lowest BCUT2D eigenvalue weighted by Crippen LogP contribution is -2.66. The van der Waals surface area contributed by atoms with Gasteiger partial charge in [-0.3, -0.25) is 0 Å². The first-order valence-corrected chi connectivity index (χ1v) is 17.2. The molecule has 0 aliphatic heterocycles. The molecule has 230 valence electrons. The van der Waals surface area contributed by atoms with Crippen LogP contribution in [0.15, 0.2) is 78.9 Å². The van der Waals surface area contributed by atoms with Crippen LogP contribution in [0.4, 0.5) is 0 Å². The van der Waals surface area contributed by atoms with E-state index in [2.05, 4.69) is 81.4 Å². The van der Waals surface area contributed by atoms with Crippen molar-refractivity contribution in [2.45, 2.75) is 70.8 Å². The molecule has 4 rings (SSSR count). The van der Waals surface area contributed by atoms with Crippen molar-refractivity contribution < 1.29 is 28.2 Å². The van der Waals surface area contributed by atoms with Gasteiger partial charge in [0.1, 0.15) is 5.75 Å². The number of ether oxygens (including phenoxy) is 3. The van der Waals surface area contributed by atoms with Crippen LogP contribution < -0.4 is 15.1 Å². The molecule has 43 heavy (non-hydrogen) atoms. The summed E-state index contributed by atoms with van der Waals surface area (Å²) in [6, 6.07) is 26.3. The summed E-state index contributed by atoms with van der Waals surface area (Å²) in [7, 11) is 0.0187. The highest BCUT2D eigenvalue weighted by Gasteiger charge is 2.50. The number of hydrogen-bond donors (Lipinski definition) is 0. The van der Waals surface area contributed by atoms with Gasteiger partial charge in [-0.05, 0) is 64.7 Å². The third-order valence-electron chi connectivity index (χ3n) is 8.93. The lowest BCUT2D eigenvalue weighted by Gasteiger charge is -2.44. The van der Waals surface area contributed by atoms with Crippen molar-refractivity contribution in [1.29, 1.82) is 0 Å². The van der Waals surface area contributed by atoms with Crippen LogP contribution >= 0.6 is 0 Å². The molecule has 1 aliphatic carbocycles. The first-order chi connectivity index (χ1) is 20.6. The largest absolute Gasteiger partial charge is 0.494 e. The topological polar surface area (TPSA) is 71.1 Å². The summed E-state index contributed by atoms with van der Waals surface area (Å²) in [6.45, 7) is 8.10.